The van der Waals surface area contributed by atoms with E-state index in [2.05, 4.69) is 20.3 Å². The highest BCUT2D eigenvalue weighted by atomic mass is 19.4. The molecule has 7 nitrogen and oxygen atoms in total. The number of carbonyl (C=O) groups excluding carboxylic acids is 1. The van der Waals surface area contributed by atoms with E-state index in [9.17, 15) is 26.7 Å². The summed E-state index contributed by atoms with van der Waals surface area (Å²) in [5.74, 6) is -4.64. The van der Waals surface area contributed by atoms with Crippen LogP contribution in [-0.2, 0) is 11.0 Å². The van der Waals surface area contributed by atoms with Gasteiger partial charge < -0.3 is 16.0 Å². The van der Waals surface area contributed by atoms with Crippen LogP contribution in [0.2, 0.25) is 0 Å². The summed E-state index contributed by atoms with van der Waals surface area (Å²) in [6, 6.07) is 7.84. The molecule has 2 heterocycles. The molecule has 1 fully saturated rings. The monoisotopic (exact) mass is 496 g/mol. The Labute approximate surface area is 199 Å². The van der Waals surface area contributed by atoms with Gasteiger partial charge in [0.1, 0.15) is 0 Å². The third-order valence-corrected chi connectivity index (χ3v) is 5.65. The van der Waals surface area contributed by atoms with Gasteiger partial charge in [0.15, 0.2) is 0 Å². The van der Waals surface area contributed by atoms with Gasteiger partial charge in [0.05, 0.1) is 29.4 Å². The largest absolute Gasteiger partial charge is 0.419 e. The van der Waals surface area contributed by atoms with Crippen LogP contribution in [0.5, 0.6) is 0 Å². The number of benzene rings is 1. The van der Waals surface area contributed by atoms with Gasteiger partial charge in [0.25, 0.3) is 11.8 Å². The number of piperidine rings is 1. The second-order valence-corrected chi connectivity index (χ2v) is 8.29. The summed E-state index contributed by atoms with van der Waals surface area (Å²) in [6.07, 6.45) is -2.59. The Morgan fingerprint density at radius 1 is 1.26 bits per heavy atom. The number of aliphatic imine (C=N–C) groups is 1. The number of likely N-dealkylation sites (tertiary alicyclic amines) is 1. The summed E-state index contributed by atoms with van der Waals surface area (Å²) in [5.41, 5.74) is 5.77. The lowest BCUT2D eigenvalue weighted by Crippen LogP contribution is -2.58. The fourth-order valence-corrected chi connectivity index (χ4v) is 3.94. The lowest BCUT2D eigenvalue weighted by molar-refractivity contribution is -0.147. The molecule has 188 valence electrons. The van der Waals surface area contributed by atoms with Gasteiger partial charge in [-0.05, 0) is 11.5 Å². The summed E-state index contributed by atoms with van der Waals surface area (Å²) < 4.78 is 67.2. The van der Waals surface area contributed by atoms with Crippen molar-refractivity contribution < 1.29 is 26.7 Å². The van der Waals surface area contributed by atoms with Crippen LogP contribution in [0.1, 0.15) is 24.5 Å². The first kappa shape index (κ1) is 26.0. The normalized spacial score (nSPS) is 21.1. The Hall–Kier alpha value is -3.57. The van der Waals surface area contributed by atoms with Gasteiger partial charge in [-0.2, -0.15) is 13.2 Å². The molecule has 1 aliphatic heterocycles. The standard InChI is InChI=1S/C23H25F5N6O/c1-14-8-22(24,25)13-34(18(14)12-33-21-31-9-16(10-32-21)23(26,27)28)20(35)17(11-30-2)19(29)15-6-4-3-5-7-15/h3-7,9-11,14,18H,8,12-13,29H2,1-2H3,(H,31,32,33). The molecule has 0 saturated carbocycles. The van der Waals surface area contributed by atoms with Crippen molar-refractivity contribution in [1.29, 1.82) is 0 Å². The molecular weight excluding hydrogens is 471 g/mol. The number of halogens is 5. The molecule has 2 aromatic rings. The van der Waals surface area contributed by atoms with Crippen molar-refractivity contribution >= 4 is 23.8 Å². The summed E-state index contributed by atoms with van der Waals surface area (Å²) in [7, 11) is 1.43. The molecule has 35 heavy (non-hydrogen) atoms. The number of aromatic nitrogens is 2. The number of anilines is 1. The van der Waals surface area contributed by atoms with E-state index in [-0.39, 0.29) is 23.8 Å². The van der Waals surface area contributed by atoms with Gasteiger partial charge in [0.2, 0.25) is 5.95 Å². The van der Waals surface area contributed by atoms with E-state index in [1.165, 1.54) is 13.3 Å². The zero-order valence-corrected chi connectivity index (χ0v) is 19.1. The van der Waals surface area contributed by atoms with Gasteiger partial charge in [0, 0.05) is 38.6 Å². The molecule has 1 saturated heterocycles. The lowest BCUT2D eigenvalue weighted by Gasteiger charge is -2.43. The molecule has 1 aliphatic rings. The number of nitrogens with two attached hydrogens (primary N) is 1. The highest BCUT2D eigenvalue weighted by Gasteiger charge is 2.46. The second kappa shape index (κ2) is 10.4. The number of hydrogen-bond donors (Lipinski definition) is 2. The molecule has 0 bridgehead atoms. The van der Waals surface area contributed by atoms with E-state index in [4.69, 9.17) is 5.73 Å². The van der Waals surface area contributed by atoms with Crippen molar-refractivity contribution in [3.63, 3.8) is 0 Å². The first-order valence-corrected chi connectivity index (χ1v) is 10.7. The van der Waals surface area contributed by atoms with Crippen molar-refractivity contribution in [3.05, 3.63) is 59.4 Å². The minimum Gasteiger partial charge on any atom is -0.398 e. The molecule has 0 spiro atoms. The minimum atomic E-state index is -4.59. The predicted molar refractivity (Wildman–Crippen MR) is 122 cm³/mol. The third kappa shape index (κ3) is 6.31. The van der Waals surface area contributed by atoms with Crippen molar-refractivity contribution in [3.8, 4) is 0 Å². The topological polar surface area (TPSA) is 96.5 Å². The Balaban J connectivity index is 1.89. The summed E-state index contributed by atoms with van der Waals surface area (Å²) in [4.78, 5) is 25.7. The molecule has 0 aliphatic carbocycles. The average molecular weight is 496 g/mol. The molecule has 3 rings (SSSR count). The van der Waals surface area contributed by atoms with Gasteiger partial charge >= 0.3 is 6.18 Å². The average Bonchev–Trinajstić information content (AvgIpc) is 2.80. The maximum absolute atomic E-state index is 14.5. The minimum absolute atomic E-state index is 0.0422. The molecule has 12 heteroatoms. The van der Waals surface area contributed by atoms with Gasteiger partial charge in [-0.3, -0.25) is 9.79 Å². The lowest BCUT2D eigenvalue weighted by atomic mass is 9.87. The van der Waals surface area contributed by atoms with E-state index < -0.39 is 48.5 Å². The van der Waals surface area contributed by atoms with Crippen LogP contribution in [0.15, 0.2) is 53.3 Å². The van der Waals surface area contributed by atoms with E-state index in [1.807, 2.05) is 0 Å². The molecule has 1 amide bonds. The fraction of sp³-hybridized carbons (Fsp3) is 0.391. The molecule has 0 radical (unpaired) electrons. The van der Waals surface area contributed by atoms with Crippen LogP contribution in [0, 0.1) is 5.92 Å². The number of nitrogens with one attached hydrogen (secondary N) is 1. The first-order valence-electron chi connectivity index (χ1n) is 10.7. The Kier molecular flexibility index (Phi) is 7.71. The quantitative estimate of drug-likeness (QED) is 0.360. The second-order valence-electron chi connectivity index (χ2n) is 8.29. The number of alkyl halides is 5. The smallest absolute Gasteiger partial charge is 0.398 e. The number of hydrogen-bond acceptors (Lipinski definition) is 6. The molecular formula is C23H25F5N6O. The SMILES string of the molecule is CN=CC(C(=O)N1CC(F)(F)CC(C)C1CNc1ncc(C(F)(F)F)cn1)=C(N)c1ccccc1. The van der Waals surface area contributed by atoms with Crippen LogP contribution in [0.25, 0.3) is 5.70 Å². The molecule has 3 N–H and O–H groups in total. The number of amides is 1. The van der Waals surface area contributed by atoms with Crippen LogP contribution >= 0.6 is 0 Å². The highest BCUT2D eigenvalue weighted by molar-refractivity contribution is 6.18. The van der Waals surface area contributed by atoms with Crippen molar-refractivity contribution in [2.24, 2.45) is 16.6 Å². The van der Waals surface area contributed by atoms with Crippen LogP contribution < -0.4 is 11.1 Å². The maximum atomic E-state index is 14.5. The van der Waals surface area contributed by atoms with Crippen LogP contribution in [0.4, 0.5) is 27.9 Å². The maximum Gasteiger partial charge on any atom is 0.419 e. The molecule has 2 unspecified atom stereocenters. The van der Waals surface area contributed by atoms with Crippen molar-refractivity contribution in [2.45, 2.75) is 31.5 Å². The van der Waals surface area contributed by atoms with E-state index >= 15 is 0 Å². The van der Waals surface area contributed by atoms with Gasteiger partial charge in [-0.1, -0.05) is 37.3 Å². The van der Waals surface area contributed by atoms with E-state index in [0.29, 0.717) is 18.0 Å². The van der Waals surface area contributed by atoms with Gasteiger partial charge in [-0.15, -0.1) is 0 Å². The molecule has 1 aromatic carbocycles. The zero-order valence-electron chi connectivity index (χ0n) is 19.1. The van der Waals surface area contributed by atoms with Crippen LogP contribution in [0.3, 0.4) is 0 Å². The summed E-state index contributed by atoms with van der Waals surface area (Å²) >= 11 is 0. The number of carbonyl (C=O) groups is 1. The summed E-state index contributed by atoms with van der Waals surface area (Å²) in [5, 5.41) is 2.76. The number of rotatable bonds is 6. The Morgan fingerprint density at radius 3 is 2.46 bits per heavy atom. The number of nitrogens with zero attached hydrogens (tertiary/aromatic N) is 4. The van der Waals surface area contributed by atoms with Gasteiger partial charge in [-0.25, -0.2) is 18.7 Å². The third-order valence-electron chi connectivity index (χ3n) is 5.65. The Bertz CT molecular complexity index is 1090. The van der Waals surface area contributed by atoms with E-state index in [1.54, 1.807) is 37.3 Å². The highest BCUT2D eigenvalue weighted by Crippen LogP contribution is 2.35. The zero-order chi connectivity index (χ0) is 25.8. The Morgan fingerprint density at radius 2 is 1.89 bits per heavy atom. The first-order chi connectivity index (χ1) is 16.4. The molecule has 2 atom stereocenters. The van der Waals surface area contributed by atoms with Crippen molar-refractivity contribution in [1.82, 2.24) is 14.9 Å². The summed E-state index contributed by atoms with van der Waals surface area (Å²) in [6.45, 7) is 0.667. The van der Waals surface area contributed by atoms with E-state index in [0.717, 1.165) is 4.90 Å². The van der Waals surface area contributed by atoms with Crippen LogP contribution in [-0.4, -0.2) is 59.1 Å². The molecule has 1 aromatic heterocycles. The fourth-order valence-electron chi connectivity index (χ4n) is 3.94. The predicted octanol–water partition coefficient (Wildman–Crippen LogP) is 3.85. The van der Waals surface area contributed by atoms with Crippen molar-refractivity contribution in [2.75, 3.05) is 25.5 Å².